The van der Waals surface area contributed by atoms with Crippen LogP contribution in [0.5, 0.6) is 0 Å². The van der Waals surface area contributed by atoms with Gasteiger partial charge in [-0.2, -0.15) is 0 Å². The van der Waals surface area contributed by atoms with Crippen LogP contribution in [0.2, 0.25) is 0 Å². The zero-order valence-corrected chi connectivity index (χ0v) is 18.5. The molecule has 0 amide bonds. The van der Waals surface area contributed by atoms with Crippen molar-refractivity contribution in [1.29, 1.82) is 0 Å². The molecule has 0 N–H and O–H groups in total. The predicted octanol–water partition coefficient (Wildman–Crippen LogP) is 6.17. The smallest absolute Gasteiger partial charge is 0.223 e. The van der Waals surface area contributed by atoms with Crippen LogP contribution in [0.25, 0.3) is 11.3 Å². The van der Waals surface area contributed by atoms with E-state index in [2.05, 4.69) is 31.1 Å². The van der Waals surface area contributed by atoms with E-state index >= 15 is 0 Å². The molecule has 2 aromatic carbocycles. The van der Waals surface area contributed by atoms with E-state index in [9.17, 15) is 0 Å². The van der Waals surface area contributed by atoms with E-state index in [4.69, 9.17) is 19.0 Å². The molecule has 1 aliphatic heterocycles. The second kappa shape index (κ2) is 9.92. The Labute approximate surface area is 184 Å². The molecule has 0 aliphatic carbocycles. The third kappa shape index (κ3) is 4.57. The molecule has 1 aliphatic rings. The summed E-state index contributed by atoms with van der Waals surface area (Å²) in [6, 6.07) is 20.2. The molecule has 0 radical (unpaired) electrons. The Morgan fingerprint density at radius 1 is 1.03 bits per heavy atom. The zero-order chi connectivity index (χ0) is 21.6. The van der Waals surface area contributed by atoms with E-state index < -0.39 is 0 Å². The van der Waals surface area contributed by atoms with Gasteiger partial charge in [0.2, 0.25) is 5.90 Å². The summed E-state index contributed by atoms with van der Waals surface area (Å²) in [4.78, 5) is 4.96. The van der Waals surface area contributed by atoms with Crippen LogP contribution >= 0.6 is 0 Å². The Balaban J connectivity index is 1.76. The van der Waals surface area contributed by atoms with Crippen LogP contribution in [-0.2, 0) is 9.47 Å². The number of rotatable bonds is 9. The predicted molar refractivity (Wildman–Crippen MR) is 122 cm³/mol. The minimum atomic E-state index is -0.200. The van der Waals surface area contributed by atoms with Gasteiger partial charge in [-0.15, -0.1) is 0 Å². The molecule has 4 rings (SSSR count). The van der Waals surface area contributed by atoms with Gasteiger partial charge >= 0.3 is 0 Å². The van der Waals surface area contributed by atoms with Crippen LogP contribution in [0.1, 0.15) is 62.0 Å². The van der Waals surface area contributed by atoms with Crippen molar-refractivity contribution >= 4 is 5.90 Å². The second-order valence-corrected chi connectivity index (χ2v) is 8.09. The van der Waals surface area contributed by atoms with Gasteiger partial charge < -0.3 is 14.0 Å². The van der Waals surface area contributed by atoms with Crippen LogP contribution in [0.3, 0.4) is 0 Å². The quantitative estimate of drug-likeness (QED) is 0.417. The highest BCUT2D eigenvalue weighted by atomic mass is 16.5. The first kappa shape index (κ1) is 21.3. The number of ether oxygens (including phenoxy) is 2. The Bertz CT molecular complexity index is 998. The van der Waals surface area contributed by atoms with Gasteiger partial charge in [0.15, 0.2) is 11.9 Å². The van der Waals surface area contributed by atoms with Gasteiger partial charge in [-0.05, 0) is 12.0 Å². The number of nitrogens with zero attached hydrogens (tertiary/aromatic N) is 2. The topological polar surface area (TPSA) is 56.9 Å². The summed E-state index contributed by atoms with van der Waals surface area (Å²) in [6.45, 7) is 4.87. The summed E-state index contributed by atoms with van der Waals surface area (Å²) in [5.74, 6) is 1.66. The summed E-state index contributed by atoms with van der Waals surface area (Å²) in [5.41, 5.74) is 3.73. The molecule has 31 heavy (non-hydrogen) atoms. The lowest BCUT2D eigenvalue weighted by atomic mass is 9.95. The summed E-state index contributed by atoms with van der Waals surface area (Å²) in [7, 11) is 1.70. The van der Waals surface area contributed by atoms with Crippen molar-refractivity contribution in [3.8, 4) is 11.3 Å². The Morgan fingerprint density at radius 3 is 2.42 bits per heavy atom. The maximum absolute atomic E-state index is 6.48. The van der Waals surface area contributed by atoms with Crippen molar-refractivity contribution in [2.45, 2.75) is 51.2 Å². The van der Waals surface area contributed by atoms with Crippen LogP contribution in [-0.4, -0.2) is 30.8 Å². The van der Waals surface area contributed by atoms with Crippen LogP contribution in [0.15, 0.2) is 70.2 Å². The minimum absolute atomic E-state index is 0.125. The van der Waals surface area contributed by atoms with Crippen LogP contribution < -0.4 is 0 Å². The molecule has 0 fully saturated rings. The number of unbranched alkanes of at least 4 members (excludes halogenated alkanes) is 1. The van der Waals surface area contributed by atoms with Crippen LogP contribution in [0, 0.1) is 0 Å². The van der Waals surface area contributed by atoms with Gasteiger partial charge in [0.1, 0.15) is 17.3 Å². The van der Waals surface area contributed by atoms with Crippen molar-refractivity contribution in [2.24, 2.45) is 4.99 Å². The summed E-state index contributed by atoms with van der Waals surface area (Å²) < 4.78 is 17.9. The minimum Gasteiger partial charge on any atom is -0.467 e. The largest absolute Gasteiger partial charge is 0.467 e. The summed E-state index contributed by atoms with van der Waals surface area (Å²) >= 11 is 0. The maximum Gasteiger partial charge on any atom is 0.223 e. The molecule has 5 nitrogen and oxygen atoms in total. The van der Waals surface area contributed by atoms with Crippen molar-refractivity contribution in [3.05, 3.63) is 77.6 Å². The highest BCUT2D eigenvalue weighted by Crippen LogP contribution is 2.38. The van der Waals surface area contributed by atoms with Gasteiger partial charge in [0, 0.05) is 18.6 Å². The second-order valence-electron chi connectivity index (χ2n) is 8.09. The maximum atomic E-state index is 6.48. The first-order chi connectivity index (χ1) is 15.2. The number of methoxy groups -OCH3 is 1. The van der Waals surface area contributed by atoms with Crippen molar-refractivity contribution in [2.75, 3.05) is 13.7 Å². The number of hydrogen-bond acceptors (Lipinski definition) is 5. The van der Waals surface area contributed by atoms with Gasteiger partial charge in [0.25, 0.3) is 0 Å². The van der Waals surface area contributed by atoms with E-state index in [1.54, 1.807) is 7.11 Å². The summed E-state index contributed by atoms with van der Waals surface area (Å²) in [5, 5.41) is 4.46. The molecule has 3 atom stereocenters. The fraction of sp³-hybridized carbons (Fsp3) is 0.385. The molecule has 1 aromatic heterocycles. The molecule has 0 bridgehead atoms. The van der Waals surface area contributed by atoms with Crippen molar-refractivity contribution in [3.63, 3.8) is 0 Å². The molecule has 162 valence electrons. The lowest BCUT2D eigenvalue weighted by Crippen LogP contribution is -2.19. The van der Waals surface area contributed by atoms with Crippen molar-refractivity contribution in [1.82, 2.24) is 5.16 Å². The van der Waals surface area contributed by atoms with Gasteiger partial charge in [-0.1, -0.05) is 92.5 Å². The highest BCUT2D eigenvalue weighted by molar-refractivity contribution is 6.02. The molecular formula is C26H30N2O3. The lowest BCUT2D eigenvalue weighted by Gasteiger charge is -2.17. The van der Waals surface area contributed by atoms with Crippen LogP contribution in [0.4, 0.5) is 0 Å². The molecule has 0 saturated heterocycles. The van der Waals surface area contributed by atoms with E-state index in [1.165, 1.54) is 0 Å². The first-order valence-corrected chi connectivity index (χ1v) is 11.1. The molecule has 0 saturated carbocycles. The fourth-order valence-corrected chi connectivity index (χ4v) is 4.08. The SMILES string of the molecule is CCCC[C@@H](C)c1onc(-c2ccccc2)c1C1=N[C@@H](COC)[C@H](c2ccccc2)O1. The van der Waals surface area contributed by atoms with Gasteiger partial charge in [-0.3, -0.25) is 0 Å². The molecular weight excluding hydrogens is 388 g/mol. The number of aromatic nitrogens is 1. The molecule has 0 spiro atoms. The normalized spacial score (nSPS) is 19.1. The fourth-order valence-electron chi connectivity index (χ4n) is 4.08. The zero-order valence-electron chi connectivity index (χ0n) is 18.5. The van der Waals surface area contributed by atoms with E-state index in [1.807, 2.05) is 48.5 Å². The molecule has 0 unspecified atom stereocenters. The number of aliphatic imine (C=N–C) groups is 1. The summed E-state index contributed by atoms with van der Waals surface area (Å²) in [6.07, 6.45) is 3.11. The Hall–Kier alpha value is -2.92. The number of hydrogen-bond donors (Lipinski definition) is 0. The highest BCUT2D eigenvalue weighted by Gasteiger charge is 2.37. The monoisotopic (exact) mass is 418 g/mol. The Kier molecular flexibility index (Phi) is 6.82. The third-order valence-electron chi connectivity index (χ3n) is 5.75. The van der Waals surface area contributed by atoms with Gasteiger partial charge in [-0.25, -0.2) is 4.99 Å². The Morgan fingerprint density at radius 2 is 1.74 bits per heavy atom. The average molecular weight is 419 g/mol. The lowest BCUT2D eigenvalue weighted by molar-refractivity contribution is 0.120. The van der Waals surface area contributed by atoms with Gasteiger partial charge in [0.05, 0.1) is 6.61 Å². The average Bonchev–Trinajstić information content (AvgIpc) is 3.43. The van der Waals surface area contributed by atoms with Crippen molar-refractivity contribution < 1.29 is 14.0 Å². The third-order valence-corrected chi connectivity index (χ3v) is 5.75. The van der Waals surface area contributed by atoms with E-state index in [0.29, 0.717) is 12.5 Å². The van der Waals surface area contributed by atoms with E-state index in [-0.39, 0.29) is 18.1 Å². The first-order valence-electron chi connectivity index (χ1n) is 11.1. The number of benzene rings is 2. The standard InChI is InChI=1S/C26H30N2O3/c1-4-5-12-18(2)24-22(23(28-31-24)19-13-8-6-9-14-19)26-27-21(17-29-3)25(30-26)20-15-10-7-11-16-20/h6-11,13-16,18,21,25H,4-5,12,17H2,1-3H3/t18-,21+,25+/m1/s1. The molecule has 3 aromatic rings. The molecule has 5 heteroatoms. The molecule has 2 heterocycles. The van der Waals surface area contributed by atoms with E-state index in [0.717, 1.165) is 47.4 Å².